The van der Waals surface area contributed by atoms with E-state index in [1.165, 1.54) is 25.8 Å². The third kappa shape index (κ3) is 4.59. The van der Waals surface area contributed by atoms with Crippen LogP contribution in [0.1, 0.15) is 42.3 Å². The number of likely N-dealkylation sites (tertiary alicyclic amines) is 1. The topological polar surface area (TPSA) is 45.9 Å². The molecule has 0 bridgehead atoms. The number of carbonyl (C=O) groups is 1. The fourth-order valence-electron chi connectivity index (χ4n) is 4.89. The summed E-state index contributed by atoms with van der Waals surface area (Å²) in [7, 11) is 0. The van der Waals surface area contributed by atoms with Crippen molar-refractivity contribution in [2.24, 2.45) is 0 Å². The standard InChI is InChI=1S/C27H32N2O3/c1-20-4-2-3-12-28(20)13-11-25-18-24-10-9-23(19-26(24)32-25)21-5-7-22(8-6-21)27(30)29-14-16-31-17-15-29/h5-10,18-20H,2-4,11-17H2,1H3. The highest BCUT2D eigenvalue weighted by Crippen LogP contribution is 2.28. The van der Waals surface area contributed by atoms with Gasteiger partial charge in [-0.25, -0.2) is 0 Å². The van der Waals surface area contributed by atoms with E-state index in [1.54, 1.807) is 0 Å². The fraction of sp³-hybridized carbons (Fsp3) is 0.444. The smallest absolute Gasteiger partial charge is 0.254 e. The largest absolute Gasteiger partial charge is 0.461 e. The van der Waals surface area contributed by atoms with E-state index in [1.807, 2.05) is 29.2 Å². The molecule has 168 valence electrons. The maximum absolute atomic E-state index is 12.7. The lowest BCUT2D eigenvalue weighted by atomic mass is 10.0. The van der Waals surface area contributed by atoms with E-state index < -0.39 is 0 Å². The number of nitrogens with zero attached hydrogens (tertiary/aromatic N) is 2. The van der Waals surface area contributed by atoms with Crippen molar-refractivity contribution in [3.63, 3.8) is 0 Å². The van der Waals surface area contributed by atoms with Gasteiger partial charge in [0.2, 0.25) is 0 Å². The summed E-state index contributed by atoms with van der Waals surface area (Å²) in [6.07, 6.45) is 4.92. The van der Waals surface area contributed by atoms with Gasteiger partial charge in [0, 0.05) is 43.0 Å². The average Bonchev–Trinajstić information content (AvgIpc) is 3.26. The summed E-state index contributed by atoms with van der Waals surface area (Å²) in [6.45, 7) is 7.16. The Bertz CT molecular complexity index is 1070. The molecule has 2 aromatic carbocycles. The number of carbonyl (C=O) groups excluding carboxylic acids is 1. The van der Waals surface area contributed by atoms with Crippen molar-refractivity contribution in [3.8, 4) is 11.1 Å². The van der Waals surface area contributed by atoms with E-state index >= 15 is 0 Å². The molecule has 2 aliphatic rings. The normalized spacial score (nSPS) is 20.0. The molecule has 1 amide bonds. The Morgan fingerprint density at radius 3 is 2.53 bits per heavy atom. The van der Waals surface area contributed by atoms with Gasteiger partial charge in [-0.3, -0.25) is 4.79 Å². The second-order valence-electron chi connectivity index (χ2n) is 9.08. The van der Waals surface area contributed by atoms with E-state index in [0.717, 1.165) is 46.4 Å². The minimum atomic E-state index is 0.0778. The van der Waals surface area contributed by atoms with E-state index in [2.05, 4.69) is 36.1 Å². The van der Waals surface area contributed by atoms with E-state index in [9.17, 15) is 4.79 Å². The van der Waals surface area contributed by atoms with Crippen molar-refractivity contribution in [3.05, 3.63) is 59.9 Å². The van der Waals surface area contributed by atoms with Crippen molar-refractivity contribution in [1.29, 1.82) is 0 Å². The monoisotopic (exact) mass is 432 g/mol. The van der Waals surface area contributed by atoms with Crippen LogP contribution in [-0.4, -0.2) is 61.1 Å². The Labute approximate surface area is 189 Å². The highest BCUT2D eigenvalue weighted by molar-refractivity contribution is 5.95. The molecule has 5 heteroatoms. The molecule has 2 fully saturated rings. The number of fused-ring (bicyclic) bond motifs is 1. The molecule has 0 spiro atoms. The number of hydrogen-bond donors (Lipinski definition) is 0. The summed E-state index contributed by atoms with van der Waals surface area (Å²) < 4.78 is 11.5. The number of amides is 1. The van der Waals surface area contributed by atoms with Gasteiger partial charge in [0.05, 0.1) is 13.2 Å². The number of furan rings is 1. The molecule has 2 aliphatic heterocycles. The minimum absolute atomic E-state index is 0.0778. The summed E-state index contributed by atoms with van der Waals surface area (Å²) in [5.41, 5.74) is 3.85. The summed E-state index contributed by atoms with van der Waals surface area (Å²) in [6, 6.07) is 17.1. The van der Waals surface area contributed by atoms with Crippen molar-refractivity contribution < 1.29 is 13.9 Å². The highest BCUT2D eigenvalue weighted by atomic mass is 16.5. The zero-order valence-corrected chi connectivity index (χ0v) is 18.9. The van der Waals surface area contributed by atoms with Crippen LogP contribution < -0.4 is 0 Å². The van der Waals surface area contributed by atoms with Crippen molar-refractivity contribution in [2.75, 3.05) is 39.4 Å². The van der Waals surface area contributed by atoms with Crippen LogP contribution >= 0.6 is 0 Å². The molecule has 0 N–H and O–H groups in total. The van der Waals surface area contributed by atoms with Gasteiger partial charge in [-0.05, 0) is 61.7 Å². The van der Waals surface area contributed by atoms with Crippen LogP contribution in [0.25, 0.3) is 22.1 Å². The van der Waals surface area contributed by atoms with E-state index in [4.69, 9.17) is 9.15 Å². The lowest BCUT2D eigenvalue weighted by Gasteiger charge is -2.32. The van der Waals surface area contributed by atoms with Gasteiger partial charge < -0.3 is 19.0 Å². The van der Waals surface area contributed by atoms with Crippen molar-refractivity contribution in [1.82, 2.24) is 9.80 Å². The van der Waals surface area contributed by atoms with Crippen LogP contribution in [0.15, 0.2) is 52.9 Å². The number of morpholine rings is 1. The van der Waals surface area contributed by atoms with E-state index in [0.29, 0.717) is 32.3 Å². The van der Waals surface area contributed by atoms with E-state index in [-0.39, 0.29) is 5.91 Å². The first-order chi connectivity index (χ1) is 15.7. The lowest BCUT2D eigenvalue weighted by molar-refractivity contribution is 0.0303. The lowest BCUT2D eigenvalue weighted by Crippen LogP contribution is -2.40. The molecule has 0 saturated carbocycles. The van der Waals surface area contributed by atoms with Gasteiger partial charge in [0.1, 0.15) is 11.3 Å². The zero-order chi connectivity index (χ0) is 21.9. The van der Waals surface area contributed by atoms with Crippen LogP contribution in [0.5, 0.6) is 0 Å². The Hall–Kier alpha value is -2.63. The first kappa shape index (κ1) is 21.2. The summed E-state index contributed by atoms with van der Waals surface area (Å²) >= 11 is 0. The SMILES string of the molecule is CC1CCCCN1CCc1cc2ccc(-c3ccc(C(=O)N4CCOCC4)cc3)cc2o1. The van der Waals surface area contributed by atoms with Gasteiger partial charge in [-0.15, -0.1) is 0 Å². The number of hydrogen-bond acceptors (Lipinski definition) is 4. The molecule has 1 unspecified atom stereocenters. The fourth-order valence-corrected chi connectivity index (χ4v) is 4.89. The number of ether oxygens (including phenoxy) is 1. The second kappa shape index (κ2) is 9.47. The van der Waals surface area contributed by atoms with Gasteiger partial charge in [0.15, 0.2) is 0 Å². The third-order valence-electron chi connectivity index (χ3n) is 6.92. The van der Waals surface area contributed by atoms with Crippen LogP contribution in [0, 0.1) is 0 Å². The average molecular weight is 433 g/mol. The molecule has 1 atom stereocenters. The zero-order valence-electron chi connectivity index (χ0n) is 18.9. The van der Waals surface area contributed by atoms with Crippen LogP contribution in [0.3, 0.4) is 0 Å². The highest BCUT2D eigenvalue weighted by Gasteiger charge is 2.19. The molecule has 1 aromatic heterocycles. The maximum atomic E-state index is 12.7. The number of rotatable bonds is 5. The summed E-state index contributed by atoms with van der Waals surface area (Å²) in [5, 5.41) is 1.15. The Kier molecular flexibility index (Phi) is 6.28. The first-order valence-electron chi connectivity index (χ1n) is 11.9. The molecule has 5 nitrogen and oxygen atoms in total. The predicted molar refractivity (Wildman–Crippen MR) is 127 cm³/mol. The second-order valence-corrected chi connectivity index (χ2v) is 9.08. The third-order valence-corrected chi connectivity index (χ3v) is 6.92. The van der Waals surface area contributed by atoms with Crippen LogP contribution in [0.2, 0.25) is 0 Å². The molecule has 0 radical (unpaired) electrons. The Morgan fingerprint density at radius 2 is 1.75 bits per heavy atom. The molecule has 5 rings (SSSR count). The number of benzene rings is 2. The van der Waals surface area contributed by atoms with Gasteiger partial charge in [-0.2, -0.15) is 0 Å². The Balaban J connectivity index is 1.27. The van der Waals surface area contributed by atoms with Crippen LogP contribution in [-0.2, 0) is 11.2 Å². The molecule has 2 saturated heterocycles. The quantitative estimate of drug-likeness (QED) is 0.570. The molecular weight excluding hydrogens is 400 g/mol. The van der Waals surface area contributed by atoms with Crippen LogP contribution in [0.4, 0.5) is 0 Å². The number of piperidine rings is 1. The molecular formula is C27H32N2O3. The first-order valence-corrected chi connectivity index (χ1v) is 11.9. The predicted octanol–water partition coefficient (Wildman–Crippen LogP) is 4.99. The van der Waals surface area contributed by atoms with Crippen molar-refractivity contribution >= 4 is 16.9 Å². The molecule has 3 heterocycles. The Morgan fingerprint density at radius 1 is 0.969 bits per heavy atom. The molecule has 0 aliphatic carbocycles. The summed E-state index contributed by atoms with van der Waals surface area (Å²) in [5.74, 6) is 1.13. The minimum Gasteiger partial charge on any atom is -0.461 e. The van der Waals surface area contributed by atoms with Crippen molar-refractivity contribution in [2.45, 2.75) is 38.6 Å². The van der Waals surface area contributed by atoms with Gasteiger partial charge >= 0.3 is 0 Å². The maximum Gasteiger partial charge on any atom is 0.254 e. The molecule has 3 aromatic rings. The van der Waals surface area contributed by atoms with Gasteiger partial charge in [0.25, 0.3) is 5.91 Å². The molecule has 32 heavy (non-hydrogen) atoms. The van der Waals surface area contributed by atoms with Gasteiger partial charge in [-0.1, -0.05) is 30.7 Å². The summed E-state index contributed by atoms with van der Waals surface area (Å²) in [4.78, 5) is 17.1.